The summed E-state index contributed by atoms with van der Waals surface area (Å²) in [5, 5.41) is 6.17. The van der Waals surface area contributed by atoms with Crippen molar-refractivity contribution in [1.82, 2.24) is 10.6 Å². The Bertz CT molecular complexity index is 518. The fourth-order valence-electron chi connectivity index (χ4n) is 2.24. The molecule has 1 aliphatic rings. The molecule has 0 spiro atoms. The van der Waals surface area contributed by atoms with Crippen LogP contribution < -0.4 is 20.1 Å². The van der Waals surface area contributed by atoms with E-state index in [0.29, 0.717) is 37.1 Å². The summed E-state index contributed by atoms with van der Waals surface area (Å²) in [5.74, 6) is 1.96. The lowest BCUT2D eigenvalue weighted by Gasteiger charge is -2.27. The van der Waals surface area contributed by atoms with Gasteiger partial charge in [0, 0.05) is 30.0 Å². The molecule has 0 aromatic heterocycles. The molecule has 1 aromatic carbocycles. The van der Waals surface area contributed by atoms with Gasteiger partial charge in [0.15, 0.2) is 11.5 Å². The molecule has 6 heteroatoms. The van der Waals surface area contributed by atoms with Crippen molar-refractivity contribution >= 4 is 21.8 Å². The van der Waals surface area contributed by atoms with Crippen molar-refractivity contribution in [2.45, 2.75) is 20.3 Å². The number of rotatable bonds is 8. The summed E-state index contributed by atoms with van der Waals surface area (Å²) in [7, 11) is 0. The first-order valence-corrected chi connectivity index (χ1v) is 8.48. The van der Waals surface area contributed by atoms with Gasteiger partial charge in [0.1, 0.15) is 0 Å². The summed E-state index contributed by atoms with van der Waals surface area (Å²) in [6, 6.07) is 3.75. The molecular formula is C16H23BrN2O3. The largest absolute Gasteiger partial charge is 0.490 e. The van der Waals surface area contributed by atoms with Crippen molar-refractivity contribution in [1.29, 1.82) is 0 Å². The van der Waals surface area contributed by atoms with Crippen LogP contribution in [0.2, 0.25) is 0 Å². The third-order valence-corrected chi connectivity index (χ3v) is 4.26. The van der Waals surface area contributed by atoms with Gasteiger partial charge in [-0.25, -0.2) is 0 Å². The summed E-state index contributed by atoms with van der Waals surface area (Å²) < 4.78 is 12.0. The maximum Gasteiger partial charge on any atom is 0.224 e. The van der Waals surface area contributed by atoms with Crippen LogP contribution in [0.25, 0.3) is 0 Å². The molecule has 0 aliphatic carbocycles. The topological polar surface area (TPSA) is 59.6 Å². The first-order valence-electron chi connectivity index (χ1n) is 7.69. The van der Waals surface area contributed by atoms with Gasteiger partial charge in [-0.1, -0.05) is 15.9 Å². The SMILES string of the molecule is CCOc1cc(Br)c(CC(=O)NCC2CNC2)cc1OCC. The Balaban J connectivity index is 2.01. The van der Waals surface area contributed by atoms with Gasteiger partial charge in [0.25, 0.3) is 0 Å². The summed E-state index contributed by atoms with van der Waals surface area (Å²) in [4.78, 5) is 12.1. The van der Waals surface area contributed by atoms with Crippen molar-refractivity contribution in [3.05, 3.63) is 22.2 Å². The monoisotopic (exact) mass is 370 g/mol. The number of hydrogen-bond donors (Lipinski definition) is 2. The molecule has 1 amide bonds. The zero-order valence-electron chi connectivity index (χ0n) is 13.1. The van der Waals surface area contributed by atoms with E-state index in [4.69, 9.17) is 9.47 Å². The molecule has 1 fully saturated rings. The van der Waals surface area contributed by atoms with Gasteiger partial charge in [-0.15, -0.1) is 0 Å². The number of carbonyl (C=O) groups is 1. The summed E-state index contributed by atoms with van der Waals surface area (Å²) in [6.07, 6.45) is 0.327. The van der Waals surface area contributed by atoms with Crippen LogP contribution >= 0.6 is 15.9 Å². The lowest BCUT2D eigenvalue weighted by atomic mass is 10.0. The Morgan fingerprint density at radius 1 is 1.27 bits per heavy atom. The van der Waals surface area contributed by atoms with Crippen molar-refractivity contribution in [2.75, 3.05) is 32.8 Å². The second kappa shape index (κ2) is 8.39. The van der Waals surface area contributed by atoms with Crippen LogP contribution in [0.4, 0.5) is 0 Å². The summed E-state index contributed by atoms with van der Waals surface area (Å²) in [5.41, 5.74) is 0.899. The van der Waals surface area contributed by atoms with Crippen molar-refractivity contribution in [2.24, 2.45) is 5.92 Å². The van der Waals surface area contributed by atoms with Crippen molar-refractivity contribution in [3.8, 4) is 11.5 Å². The molecule has 1 aliphatic heterocycles. The predicted octanol–water partition coefficient (Wildman–Crippen LogP) is 2.12. The Morgan fingerprint density at radius 3 is 2.45 bits per heavy atom. The first kappa shape index (κ1) is 17.1. The van der Waals surface area contributed by atoms with Crippen LogP contribution in [0, 0.1) is 5.92 Å². The van der Waals surface area contributed by atoms with E-state index in [2.05, 4.69) is 26.6 Å². The third kappa shape index (κ3) is 4.61. The highest BCUT2D eigenvalue weighted by Gasteiger charge is 2.18. The van der Waals surface area contributed by atoms with Crippen LogP contribution in [0.1, 0.15) is 19.4 Å². The maximum atomic E-state index is 12.1. The molecule has 2 rings (SSSR count). The minimum atomic E-state index is 0.0270. The van der Waals surface area contributed by atoms with E-state index in [-0.39, 0.29) is 5.91 Å². The average Bonchev–Trinajstić information content (AvgIpc) is 2.42. The number of benzene rings is 1. The van der Waals surface area contributed by atoms with Crippen molar-refractivity contribution in [3.63, 3.8) is 0 Å². The Morgan fingerprint density at radius 2 is 1.91 bits per heavy atom. The molecule has 1 heterocycles. The molecule has 0 bridgehead atoms. The van der Waals surface area contributed by atoms with Gasteiger partial charge in [0.05, 0.1) is 19.6 Å². The minimum absolute atomic E-state index is 0.0270. The first-order chi connectivity index (χ1) is 10.6. The Labute approximate surface area is 139 Å². The van der Waals surface area contributed by atoms with Gasteiger partial charge >= 0.3 is 0 Å². The molecule has 2 N–H and O–H groups in total. The van der Waals surface area contributed by atoms with E-state index < -0.39 is 0 Å². The van der Waals surface area contributed by atoms with Gasteiger partial charge in [0.2, 0.25) is 5.91 Å². The lowest BCUT2D eigenvalue weighted by molar-refractivity contribution is -0.120. The molecule has 1 aromatic rings. The molecule has 0 unspecified atom stereocenters. The quantitative estimate of drug-likeness (QED) is 0.735. The van der Waals surface area contributed by atoms with Crippen LogP contribution in [0.5, 0.6) is 11.5 Å². The number of halogens is 1. The number of carbonyl (C=O) groups excluding carboxylic acids is 1. The van der Waals surface area contributed by atoms with E-state index in [1.807, 2.05) is 26.0 Å². The number of hydrogen-bond acceptors (Lipinski definition) is 4. The Hall–Kier alpha value is -1.27. The second-order valence-corrected chi connectivity index (χ2v) is 6.12. The fraction of sp³-hybridized carbons (Fsp3) is 0.562. The van der Waals surface area contributed by atoms with Gasteiger partial charge in [-0.05, 0) is 31.5 Å². The molecule has 0 atom stereocenters. The lowest BCUT2D eigenvalue weighted by Crippen LogP contribution is -2.48. The van der Waals surface area contributed by atoms with Gasteiger partial charge in [-0.2, -0.15) is 0 Å². The van der Waals surface area contributed by atoms with Gasteiger partial charge in [-0.3, -0.25) is 4.79 Å². The van der Waals surface area contributed by atoms with E-state index >= 15 is 0 Å². The zero-order valence-corrected chi connectivity index (χ0v) is 14.7. The molecule has 5 nitrogen and oxygen atoms in total. The van der Waals surface area contributed by atoms with Crippen LogP contribution in [-0.4, -0.2) is 38.8 Å². The van der Waals surface area contributed by atoms with Crippen LogP contribution in [0.15, 0.2) is 16.6 Å². The molecule has 0 radical (unpaired) electrons. The van der Waals surface area contributed by atoms with E-state index in [0.717, 1.165) is 29.7 Å². The van der Waals surface area contributed by atoms with Crippen LogP contribution in [0.3, 0.4) is 0 Å². The van der Waals surface area contributed by atoms with E-state index in [1.54, 1.807) is 0 Å². The number of nitrogens with one attached hydrogen (secondary N) is 2. The Kier molecular flexibility index (Phi) is 6.51. The normalized spacial score (nSPS) is 14.3. The molecular weight excluding hydrogens is 348 g/mol. The van der Waals surface area contributed by atoms with E-state index in [1.165, 1.54) is 0 Å². The molecule has 122 valence electrons. The number of amides is 1. The van der Waals surface area contributed by atoms with Crippen LogP contribution in [-0.2, 0) is 11.2 Å². The third-order valence-electron chi connectivity index (χ3n) is 3.52. The highest BCUT2D eigenvalue weighted by molar-refractivity contribution is 9.10. The standard InChI is InChI=1S/C16H23BrN2O3/c1-3-21-14-5-12(13(17)7-15(14)22-4-2)6-16(20)19-10-11-8-18-9-11/h5,7,11,18H,3-4,6,8-10H2,1-2H3,(H,19,20). The predicted molar refractivity (Wildman–Crippen MR) is 89.6 cm³/mol. The van der Waals surface area contributed by atoms with E-state index in [9.17, 15) is 4.79 Å². The average molecular weight is 371 g/mol. The highest BCUT2D eigenvalue weighted by atomic mass is 79.9. The smallest absolute Gasteiger partial charge is 0.224 e. The molecule has 1 saturated heterocycles. The van der Waals surface area contributed by atoms with Gasteiger partial charge < -0.3 is 20.1 Å². The van der Waals surface area contributed by atoms with Crippen molar-refractivity contribution < 1.29 is 14.3 Å². The zero-order chi connectivity index (χ0) is 15.9. The summed E-state index contributed by atoms with van der Waals surface area (Å²) >= 11 is 3.51. The maximum absolute atomic E-state index is 12.1. The second-order valence-electron chi connectivity index (χ2n) is 5.26. The molecule has 0 saturated carbocycles. The number of ether oxygens (including phenoxy) is 2. The molecule has 22 heavy (non-hydrogen) atoms. The highest BCUT2D eigenvalue weighted by Crippen LogP contribution is 2.34. The minimum Gasteiger partial charge on any atom is -0.490 e. The summed E-state index contributed by atoms with van der Waals surface area (Å²) in [6.45, 7) is 7.70. The fourth-order valence-corrected chi connectivity index (χ4v) is 2.70.